The van der Waals surface area contributed by atoms with Gasteiger partial charge in [0.1, 0.15) is 23.2 Å². The molecule has 1 aliphatic heterocycles. The maximum atomic E-state index is 13.6. The molecule has 4 rings (SSSR count). The highest BCUT2D eigenvalue weighted by Gasteiger charge is 2.35. The Labute approximate surface area is 149 Å². The molecule has 0 spiro atoms. The van der Waals surface area contributed by atoms with E-state index in [4.69, 9.17) is 4.42 Å². The average Bonchev–Trinajstić information content (AvgIpc) is 3.00. The fraction of sp³-hybridized carbons (Fsp3) is 0.200. The van der Waals surface area contributed by atoms with Gasteiger partial charge >= 0.3 is 0 Å². The predicted octanol–water partition coefficient (Wildman–Crippen LogP) is 3.19. The molecule has 1 fully saturated rings. The molecule has 0 aliphatic carbocycles. The molecule has 0 radical (unpaired) electrons. The SMILES string of the molecule is Cc1cc2cc(C(=O)N3CCNC(=O)C3c3cccc(F)c3)ccc2o1. The van der Waals surface area contributed by atoms with Gasteiger partial charge in [-0.15, -0.1) is 0 Å². The zero-order valence-corrected chi connectivity index (χ0v) is 14.2. The number of hydrogen-bond donors (Lipinski definition) is 1. The van der Waals surface area contributed by atoms with E-state index in [9.17, 15) is 14.0 Å². The first-order chi connectivity index (χ1) is 12.5. The molecule has 0 bridgehead atoms. The highest BCUT2D eigenvalue weighted by molar-refractivity contribution is 6.01. The zero-order chi connectivity index (χ0) is 18.3. The van der Waals surface area contributed by atoms with Crippen LogP contribution in [0.2, 0.25) is 0 Å². The molecule has 0 saturated carbocycles. The molecule has 1 saturated heterocycles. The summed E-state index contributed by atoms with van der Waals surface area (Å²) in [5.41, 5.74) is 1.63. The third-order valence-corrected chi connectivity index (χ3v) is 4.52. The summed E-state index contributed by atoms with van der Waals surface area (Å²) in [5, 5.41) is 3.58. The van der Waals surface area contributed by atoms with Gasteiger partial charge in [-0.25, -0.2) is 4.39 Å². The summed E-state index contributed by atoms with van der Waals surface area (Å²) < 4.78 is 19.2. The van der Waals surface area contributed by atoms with Crippen molar-refractivity contribution in [3.63, 3.8) is 0 Å². The Hall–Kier alpha value is -3.15. The van der Waals surface area contributed by atoms with Crippen LogP contribution in [-0.4, -0.2) is 29.8 Å². The Morgan fingerprint density at radius 1 is 1.23 bits per heavy atom. The number of amides is 2. The van der Waals surface area contributed by atoms with Crippen molar-refractivity contribution in [2.24, 2.45) is 0 Å². The van der Waals surface area contributed by atoms with E-state index in [2.05, 4.69) is 5.32 Å². The van der Waals surface area contributed by atoms with Crippen molar-refractivity contribution >= 4 is 22.8 Å². The number of benzene rings is 2. The lowest BCUT2D eigenvalue weighted by Gasteiger charge is -2.35. The third kappa shape index (κ3) is 2.83. The van der Waals surface area contributed by atoms with Gasteiger partial charge in [0.25, 0.3) is 5.91 Å². The van der Waals surface area contributed by atoms with Crippen molar-refractivity contribution in [1.29, 1.82) is 0 Å². The lowest BCUT2D eigenvalue weighted by atomic mass is 10.0. The van der Waals surface area contributed by atoms with Gasteiger partial charge < -0.3 is 14.6 Å². The Balaban J connectivity index is 1.72. The van der Waals surface area contributed by atoms with E-state index >= 15 is 0 Å². The van der Waals surface area contributed by atoms with Gasteiger partial charge in [-0.3, -0.25) is 9.59 Å². The van der Waals surface area contributed by atoms with Gasteiger partial charge in [0.2, 0.25) is 5.91 Å². The summed E-state index contributed by atoms with van der Waals surface area (Å²) >= 11 is 0. The average molecular weight is 352 g/mol. The largest absolute Gasteiger partial charge is 0.461 e. The van der Waals surface area contributed by atoms with E-state index < -0.39 is 11.9 Å². The quantitative estimate of drug-likeness (QED) is 0.770. The van der Waals surface area contributed by atoms with Crippen LogP contribution in [0.15, 0.2) is 52.9 Å². The minimum atomic E-state index is -0.853. The van der Waals surface area contributed by atoms with Crippen molar-refractivity contribution in [3.05, 3.63) is 71.2 Å². The third-order valence-electron chi connectivity index (χ3n) is 4.52. The minimum Gasteiger partial charge on any atom is -0.461 e. The molecule has 2 heterocycles. The Morgan fingerprint density at radius 3 is 2.88 bits per heavy atom. The van der Waals surface area contributed by atoms with Crippen LogP contribution in [0.3, 0.4) is 0 Å². The van der Waals surface area contributed by atoms with E-state index in [1.165, 1.54) is 23.1 Å². The van der Waals surface area contributed by atoms with Gasteiger partial charge in [-0.2, -0.15) is 0 Å². The van der Waals surface area contributed by atoms with Crippen LogP contribution in [0.1, 0.15) is 27.7 Å². The molecule has 1 aliphatic rings. The number of furan rings is 1. The van der Waals surface area contributed by atoms with Crippen molar-refractivity contribution < 1.29 is 18.4 Å². The van der Waals surface area contributed by atoms with Crippen molar-refractivity contribution in [2.45, 2.75) is 13.0 Å². The molecule has 1 atom stereocenters. The number of piperazine rings is 1. The number of carbonyl (C=O) groups is 2. The Kier molecular flexibility index (Phi) is 3.95. The topological polar surface area (TPSA) is 62.6 Å². The number of nitrogens with one attached hydrogen (secondary N) is 1. The molecule has 6 heteroatoms. The number of hydrogen-bond acceptors (Lipinski definition) is 3. The number of halogens is 1. The zero-order valence-electron chi connectivity index (χ0n) is 14.2. The Bertz CT molecular complexity index is 1010. The molecule has 1 unspecified atom stereocenters. The molecule has 1 aromatic heterocycles. The van der Waals surface area contributed by atoms with E-state index in [-0.39, 0.29) is 11.8 Å². The second-order valence-corrected chi connectivity index (χ2v) is 6.36. The molecule has 2 aromatic carbocycles. The first-order valence-electron chi connectivity index (χ1n) is 8.37. The number of carbonyl (C=O) groups excluding carboxylic acids is 2. The fourth-order valence-corrected chi connectivity index (χ4v) is 3.37. The van der Waals surface area contributed by atoms with Crippen LogP contribution in [0.4, 0.5) is 4.39 Å². The summed E-state index contributed by atoms with van der Waals surface area (Å²) in [7, 11) is 0. The van der Waals surface area contributed by atoms with E-state index in [1.807, 2.05) is 13.0 Å². The summed E-state index contributed by atoms with van der Waals surface area (Å²) in [6, 6.07) is 12.0. The number of aryl methyl sites for hydroxylation is 1. The monoisotopic (exact) mass is 352 g/mol. The van der Waals surface area contributed by atoms with Crippen LogP contribution in [-0.2, 0) is 4.79 Å². The first-order valence-corrected chi connectivity index (χ1v) is 8.37. The lowest BCUT2D eigenvalue weighted by molar-refractivity contribution is -0.128. The van der Waals surface area contributed by atoms with Crippen molar-refractivity contribution in [2.75, 3.05) is 13.1 Å². The highest BCUT2D eigenvalue weighted by Crippen LogP contribution is 2.27. The van der Waals surface area contributed by atoms with Gasteiger partial charge in [0, 0.05) is 24.0 Å². The van der Waals surface area contributed by atoms with Crippen LogP contribution >= 0.6 is 0 Å². The molecule has 1 N–H and O–H groups in total. The second-order valence-electron chi connectivity index (χ2n) is 6.36. The molecule has 2 amide bonds. The summed E-state index contributed by atoms with van der Waals surface area (Å²) in [6.07, 6.45) is 0. The van der Waals surface area contributed by atoms with E-state index in [0.29, 0.717) is 29.8 Å². The lowest BCUT2D eigenvalue weighted by Crippen LogP contribution is -2.52. The summed E-state index contributed by atoms with van der Waals surface area (Å²) in [4.78, 5) is 27.0. The van der Waals surface area contributed by atoms with Gasteiger partial charge in [-0.05, 0) is 48.9 Å². The Morgan fingerprint density at radius 2 is 2.08 bits per heavy atom. The smallest absolute Gasteiger partial charge is 0.254 e. The fourth-order valence-electron chi connectivity index (χ4n) is 3.37. The maximum Gasteiger partial charge on any atom is 0.254 e. The van der Waals surface area contributed by atoms with Crippen LogP contribution < -0.4 is 5.32 Å². The molecular weight excluding hydrogens is 335 g/mol. The number of rotatable bonds is 2. The standard InChI is InChI=1S/C20H17FN2O3/c1-12-9-15-10-14(5-6-17(15)26-12)20(25)23-8-7-22-19(24)18(23)13-3-2-4-16(21)11-13/h2-6,9-11,18H,7-8H2,1H3,(H,22,24). The van der Waals surface area contributed by atoms with E-state index in [1.54, 1.807) is 24.3 Å². The highest BCUT2D eigenvalue weighted by atomic mass is 19.1. The number of fused-ring (bicyclic) bond motifs is 1. The second kappa shape index (κ2) is 6.29. The van der Waals surface area contributed by atoms with E-state index in [0.717, 1.165) is 11.1 Å². The predicted molar refractivity (Wildman–Crippen MR) is 94.1 cm³/mol. The molecular formula is C20H17FN2O3. The summed E-state index contributed by atoms with van der Waals surface area (Å²) in [6.45, 7) is 2.56. The normalized spacial score (nSPS) is 17.4. The molecule has 132 valence electrons. The number of nitrogens with zero attached hydrogens (tertiary/aromatic N) is 1. The van der Waals surface area contributed by atoms with Crippen LogP contribution in [0.5, 0.6) is 0 Å². The van der Waals surface area contributed by atoms with Gasteiger partial charge in [0.05, 0.1) is 0 Å². The molecule has 26 heavy (non-hydrogen) atoms. The van der Waals surface area contributed by atoms with Gasteiger partial charge in [0.15, 0.2) is 0 Å². The minimum absolute atomic E-state index is 0.269. The molecule has 3 aromatic rings. The van der Waals surface area contributed by atoms with Crippen LogP contribution in [0.25, 0.3) is 11.0 Å². The maximum absolute atomic E-state index is 13.6. The molecule has 5 nitrogen and oxygen atoms in total. The van der Waals surface area contributed by atoms with Crippen molar-refractivity contribution in [3.8, 4) is 0 Å². The van der Waals surface area contributed by atoms with Gasteiger partial charge in [-0.1, -0.05) is 12.1 Å². The van der Waals surface area contributed by atoms with Crippen LogP contribution in [0, 0.1) is 12.7 Å². The first kappa shape index (κ1) is 16.3. The van der Waals surface area contributed by atoms with Crippen molar-refractivity contribution in [1.82, 2.24) is 10.2 Å². The summed E-state index contributed by atoms with van der Waals surface area (Å²) in [5.74, 6) is -0.256.